The van der Waals surface area contributed by atoms with Crippen LogP contribution in [0.5, 0.6) is 0 Å². The van der Waals surface area contributed by atoms with E-state index in [-0.39, 0.29) is 21.1 Å². The predicted octanol–water partition coefficient (Wildman–Crippen LogP) is 1.40. The van der Waals surface area contributed by atoms with Crippen LogP contribution in [0.4, 0.5) is 0 Å². The summed E-state index contributed by atoms with van der Waals surface area (Å²) in [6.45, 7) is 0. The second kappa shape index (κ2) is 3.24. The first-order valence-electron chi connectivity index (χ1n) is 1.67. The summed E-state index contributed by atoms with van der Waals surface area (Å²) in [5.41, 5.74) is 0. The second-order valence-corrected chi connectivity index (χ2v) is 0.962. The molecule has 1 aromatic carbocycles. The van der Waals surface area contributed by atoms with Gasteiger partial charge in [-0.2, -0.15) is 18.2 Å². The van der Waals surface area contributed by atoms with Gasteiger partial charge in [-0.15, -0.1) is 0 Å². The molecule has 0 spiro atoms. The van der Waals surface area contributed by atoms with E-state index in [9.17, 15) is 0 Å². The molecule has 0 aliphatic heterocycles. The molecule has 0 heterocycles. The Labute approximate surface area is 51.8 Å². The summed E-state index contributed by atoms with van der Waals surface area (Å²) < 4.78 is 0. The molecule has 0 aliphatic rings. The smallest absolute Gasteiger partial charge is 0.214 e. The van der Waals surface area contributed by atoms with Crippen molar-refractivity contribution in [3.63, 3.8) is 0 Å². The van der Waals surface area contributed by atoms with Gasteiger partial charge in [-0.1, -0.05) is 0 Å². The van der Waals surface area contributed by atoms with Gasteiger partial charge in [0.2, 0.25) is 0 Å². The van der Waals surface area contributed by atoms with Gasteiger partial charge in [0.15, 0.2) is 0 Å². The third-order valence-electron chi connectivity index (χ3n) is 0.556. The summed E-state index contributed by atoms with van der Waals surface area (Å²) in [6, 6.07) is 10.0. The SMILES string of the molecule is [Pt+2].c1cc[cH-]c1. The molecule has 1 heteroatoms. The maximum absolute atomic E-state index is 2.00. The van der Waals surface area contributed by atoms with Crippen molar-refractivity contribution in [3.05, 3.63) is 30.3 Å². The van der Waals surface area contributed by atoms with Crippen molar-refractivity contribution < 1.29 is 21.1 Å². The molecule has 0 atom stereocenters. The number of hydrogen-bond acceptors (Lipinski definition) is 0. The summed E-state index contributed by atoms with van der Waals surface area (Å²) in [4.78, 5) is 0. The van der Waals surface area contributed by atoms with Gasteiger partial charge in [-0.3, -0.25) is 0 Å². The van der Waals surface area contributed by atoms with Crippen molar-refractivity contribution in [2.75, 3.05) is 0 Å². The van der Waals surface area contributed by atoms with Crippen LogP contribution in [0.25, 0.3) is 0 Å². The fourth-order valence-electron chi connectivity index (χ4n) is 0.321. The first-order chi connectivity index (χ1) is 2.50. The Bertz CT molecular complexity index is 60.4. The molecular formula is C5H5Pt+. The Morgan fingerprint density at radius 1 is 1.00 bits per heavy atom. The Hall–Kier alpha value is 0.0383. The van der Waals surface area contributed by atoms with E-state index in [0.29, 0.717) is 0 Å². The molecule has 0 amide bonds. The predicted molar refractivity (Wildman–Crippen MR) is 22.0 cm³/mol. The molecule has 6 heavy (non-hydrogen) atoms. The molecule has 0 unspecified atom stereocenters. The third kappa shape index (κ3) is 1.47. The van der Waals surface area contributed by atoms with E-state index in [1.54, 1.807) is 0 Å². The summed E-state index contributed by atoms with van der Waals surface area (Å²) in [6.07, 6.45) is 0. The van der Waals surface area contributed by atoms with Gasteiger partial charge in [0.05, 0.1) is 0 Å². The molecule has 0 nitrogen and oxygen atoms in total. The van der Waals surface area contributed by atoms with Crippen LogP contribution in [-0.4, -0.2) is 0 Å². The molecule has 0 saturated heterocycles. The third-order valence-corrected chi connectivity index (χ3v) is 0.556. The molecule has 1 rings (SSSR count). The van der Waals surface area contributed by atoms with Crippen LogP contribution >= 0.6 is 0 Å². The van der Waals surface area contributed by atoms with E-state index in [1.807, 2.05) is 30.3 Å². The summed E-state index contributed by atoms with van der Waals surface area (Å²) in [7, 11) is 0. The molecular weight excluding hydrogens is 255 g/mol. The minimum Gasteiger partial charge on any atom is -0.214 e. The Kier molecular flexibility index (Phi) is 3.26. The average molecular weight is 260 g/mol. The van der Waals surface area contributed by atoms with Gasteiger partial charge in [0.25, 0.3) is 0 Å². The first-order valence-corrected chi connectivity index (χ1v) is 1.67. The fraction of sp³-hybridized carbons (Fsp3) is 0. The van der Waals surface area contributed by atoms with E-state index in [0.717, 1.165) is 0 Å². The van der Waals surface area contributed by atoms with E-state index >= 15 is 0 Å². The average Bonchev–Trinajstić information content (AvgIpc) is 1.76. The normalized spacial score (nSPS) is 6.67. The number of rotatable bonds is 0. The van der Waals surface area contributed by atoms with E-state index in [1.165, 1.54) is 0 Å². The van der Waals surface area contributed by atoms with E-state index < -0.39 is 0 Å². The van der Waals surface area contributed by atoms with Crippen LogP contribution in [0.3, 0.4) is 0 Å². The van der Waals surface area contributed by atoms with Crippen LogP contribution in [-0.2, 0) is 21.1 Å². The first kappa shape index (κ1) is 6.04. The van der Waals surface area contributed by atoms with Crippen molar-refractivity contribution in [2.24, 2.45) is 0 Å². The Morgan fingerprint density at radius 3 is 1.67 bits per heavy atom. The molecule has 1 aromatic rings. The van der Waals surface area contributed by atoms with Gasteiger partial charge in [-0.25, -0.2) is 12.1 Å². The van der Waals surface area contributed by atoms with Gasteiger partial charge in [0.1, 0.15) is 0 Å². The molecule has 0 fully saturated rings. The summed E-state index contributed by atoms with van der Waals surface area (Å²) >= 11 is 0. The zero-order chi connectivity index (χ0) is 3.54. The van der Waals surface area contributed by atoms with Crippen molar-refractivity contribution in [2.45, 2.75) is 0 Å². The standard InChI is InChI=1S/C5H5.Pt/c1-2-4-5-3-1;/h1-5H;/q-1;+2. The van der Waals surface area contributed by atoms with Crippen molar-refractivity contribution in [1.82, 2.24) is 0 Å². The summed E-state index contributed by atoms with van der Waals surface area (Å²) in [5.74, 6) is 0. The van der Waals surface area contributed by atoms with Crippen LogP contribution < -0.4 is 0 Å². The minimum atomic E-state index is 0. The maximum Gasteiger partial charge on any atom is 2.00 e. The zero-order valence-electron chi connectivity index (χ0n) is 3.20. The van der Waals surface area contributed by atoms with Crippen molar-refractivity contribution >= 4 is 0 Å². The molecule has 0 N–H and O–H groups in total. The molecule has 0 saturated carbocycles. The molecule has 34 valence electrons. The largest absolute Gasteiger partial charge is 2.00 e. The molecule has 0 bridgehead atoms. The maximum atomic E-state index is 2.00. The van der Waals surface area contributed by atoms with Gasteiger partial charge >= 0.3 is 21.1 Å². The minimum absolute atomic E-state index is 0. The molecule has 0 radical (unpaired) electrons. The van der Waals surface area contributed by atoms with E-state index in [2.05, 4.69) is 0 Å². The number of hydrogen-bond donors (Lipinski definition) is 0. The van der Waals surface area contributed by atoms with Crippen molar-refractivity contribution in [3.8, 4) is 0 Å². The quantitative estimate of drug-likeness (QED) is 0.619. The molecule has 0 aliphatic carbocycles. The second-order valence-electron chi connectivity index (χ2n) is 0.962. The van der Waals surface area contributed by atoms with Crippen molar-refractivity contribution in [1.29, 1.82) is 0 Å². The van der Waals surface area contributed by atoms with Gasteiger partial charge in [-0.05, 0) is 0 Å². The van der Waals surface area contributed by atoms with Crippen LogP contribution in [0.2, 0.25) is 0 Å². The fourth-order valence-corrected chi connectivity index (χ4v) is 0.321. The topological polar surface area (TPSA) is 0 Å². The molecule has 0 aromatic heterocycles. The Balaban J connectivity index is 0.000000250. The van der Waals surface area contributed by atoms with Gasteiger partial charge < -0.3 is 0 Å². The summed E-state index contributed by atoms with van der Waals surface area (Å²) in [5, 5.41) is 0. The van der Waals surface area contributed by atoms with Gasteiger partial charge in [0, 0.05) is 0 Å². The van der Waals surface area contributed by atoms with Crippen LogP contribution in [0.1, 0.15) is 0 Å². The Morgan fingerprint density at radius 2 is 1.50 bits per heavy atom. The van der Waals surface area contributed by atoms with Crippen LogP contribution in [0.15, 0.2) is 30.3 Å². The van der Waals surface area contributed by atoms with Crippen LogP contribution in [0, 0.1) is 0 Å². The monoisotopic (exact) mass is 260 g/mol. The zero-order valence-corrected chi connectivity index (χ0v) is 5.48. The van der Waals surface area contributed by atoms with E-state index in [4.69, 9.17) is 0 Å².